The number of anilines is 1. The third kappa shape index (κ3) is 3.59. The van der Waals surface area contributed by atoms with Crippen LogP contribution in [0.15, 0.2) is 30.6 Å². The van der Waals surface area contributed by atoms with Crippen LogP contribution in [0.5, 0.6) is 0 Å². The van der Waals surface area contributed by atoms with Crippen molar-refractivity contribution in [3.63, 3.8) is 0 Å². The Bertz CT molecular complexity index is 971. The lowest BCUT2D eigenvalue weighted by Crippen LogP contribution is -2.53. The SMILES string of the molecule is Cc1ccc2c(c1)C(F)(F)N(CC(=O)NC(C)c1cnc(C#N)cn1)C(=O)N2. The van der Waals surface area contributed by atoms with Crippen LogP contribution in [0.1, 0.15) is 35.5 Å². The summed E-state index contributed by atoms with van der Waals surface area (Å²) in [5.74, 6) is -0.787. The van der Waals surface area contributed by atoms with Gasteiger partial charge in [0.05, 0.1) is 35.4 Å². The summed E-state index contributed by atoms with van der Waals surface area (Å²) in [6.45, 7) is 2.39. The van der Waals surface area contributed by atoms with Gasteiger partial charge in [0.15, 0.2) is 5.69 Å². The summed E-state index contributed by atoms with van der Waals surface area (Å²) in [4.78, 5) is 32.4. The molecule has 0 bridgehead atoms. The van der Waals surface area contributed by atoms with Crippen LogP contribution in [0.3, 0.4) is 0 Å². The molecule has 1 aliphatic rings. The van der Waals surface area contributed by atoms with Crippen LogP contribution >= 0.6 is 0 Å². The van der Waals surface area contributed by atoms with Crippen LogP contribution in [-0.2, 0) is 10.8 Å². The number of carbonyl (C=O) groups excluding carboxylic acids is 2. The summed E-state index contributed by atoms with van der Waals surface area (Å²) >= 11 is 0. The summed E-state index contributed by atoms with van der Waals surface area (Å²) < 4.78 is 29.7. The number of benzene rings is 1. The molecule has 144 valence electrons. The molecular weight excluding hydrogens is 370 g/mol. The van der Waals surface area contributed by atoms with Gasteiger partial charge in [0.2, 0.25) is 5.91 Å². The van der Waals surface area contributed by atoms with E-state index in [2.05, 4.69) is 20.6 Å². The summed E-state index contributed by atoms with van der Waals surface area (Å²) in [7, 11) is 0. The number of urea groups is 1. The van der Waals surface area contributed by atoms with Crippen molar-refractivity contribution in [3.05, 3.63) is 53.1 Å². The maximum absolute atomic E-state index is 14.8. The zero-order valence-electron chi connectivity index (χ0n) is 15.0. The van der Waals surface area contributed by atoms with E-state index in [-0.39, 0.29) is 21.8 Å². The van der Waals surface area contributed by atoms with E-state index >= 15 is 0 Å². The normalized spacial score (nSPS) is 15.8. The highest BCUT2D eigenvalue weighted by Gasteiger charge is 2.48. The Morgan fingerprint density at radius 3 is 2.79 bits per heavy atom. The number of carbonyl (C=O) groups is 2. The molecule has 2 aromatic rings. The van der Waals surface area contributed by atoms with Gasteiger partial charge in [0.25, 0.3) is 0 Å². The minimum absolute atomic E-state index is 0.0125. The highest BCUT2D eigenvalue weighted by Crippen LogP contribution is 2.41. The van der Waals surface area contributed by atoms with Crippen LogP contribution < -0.4 is 10.6 Å². The molecule has 0 spiro atoms. The van der Waals surface area contributed by atoms with E-state index < -0.39 is 30.6 Å². The van der Waals surface area contributed by atoms with Gasteiger partial charge in [0.1, 0.15) is 12.6 Å². The van der Waals surface area contributed by atoms with E-state index in [1.807, 2.05) is 6.07 Å². The summed E-state index contributed by atoms with van der Waals surface area (Å²) in [5, 5.41) is 13.6. The summed E-state index contributed by atoms with van der Waals surface area (Å²) in [6.07, 6.45) is 2.55. The molecule has 1 aromatic carbocycles. The molecule has 1 unspecified atom stereocenters. The lowest BCUT2D eigenvalue weighted by Gasteiger charge is -2.36. The second kappa shape index (κ2) is 7.19. The molecule has 8 nitrogen and oxygen atoms in total. The second-order valence-electron chi connectivity index (χ2n) is 6.33. The zero-order chi connectivity index (χ0) is 20.5. The lowest BCUT2D eigenvalue weighted by atomic mass is 10.0. The number of nitrogens with zero attached hydrogens (tertiary/aromatic N) is 4. The maximum atomic E-state index is 14.8. The van der Waals surface area contributed by atoms with Gasteiger partial charge in [-0.05, 0) is 26.0 Å². The number of halogens is 2. The molecule has 0 saturated carbocycles. The summed E-state index contributed by atoms with van der Waals surface area (Å²) in [5.41, 5.74) is 0.709. The molecule has 0 radical (unpaired) electrons. The highest BCUT2D eigenvalue weighted by molar-refractivity contribution is 5.95. The smallest absolute Gasteiger partial charge is 0.346 e. The molecule has 1 atom stereocenters. The number of hydrogen-bond acceptors (Lipinski definition) is 5. The Morgan fingerprint density at radius 2 is 2.14 bits per heavy atom. The molecule has 1 aliphatic heterocycles. The number of nitriles is 1. The Balaban J connectivity index is 1.74. The first kappa shape index (κ1) is 19.2. The van der Waals surface area contributed by atoms with Crippen molar-refractivity contribution in [1.82, 2.24) is 20.2 Å². The molecule has 2 heterocycles. The van der Waals surface area contributed by atoms with Gasteiger partial charge in [-0.1, -0.05) is 11.6 Å². The monoisotopic (exact) mass is 386 g/mol. The van der Waals surface area contributed by atoms with Gasteiger partial charge in [-0.3, -0.25) is 14.7 Å². The van der Waals surface area contributed by atoms with Crippen molar-refractivity contribution >= 4 is 17.6 Å². The van der Waals surface area contributed by atoms with E-state index in [4.69, 9.17) is 5.26 Å². The summed E-state index contributed by atoms with van der Waals surface area (Å²) in [6, 6.07) is 0.745. The van der Waals surface area contributed by atoms with Crippen LogP contribution in [-0.4, -0.2) is 33.4 Å². The number of hydrogen-bond donors (Lipinski definition) is 2. The maximum Gasteiger partial charge on any atom is 0.358 e. The second-order valence-corrected chi connectivity index (χ2v) is 6.33. The molecule has 3 amide bonds. The zero-order valence-corrected chi connectivity index (χ0v) is 15.0. The fourth-order valence-corrected chi connectivity index (χ4v) is 2.77. The minimum Gasteiger partial charge on any atom is -0.346 e. The van der Waals surface area contributed by atoms with Crippen molar-refractivity contribution < 1.29 is 18.4 Å². The topological polar surface area (TPSA) is 111 Å². The number of aromatic nitrogens is 2. The minimum atomic E-state index is -3.64. The lowest BCUT2D eigenvalue weighted by molar-refractivity contribution is -0.145. The van der Waals surface area contributed by atoms with Gasteiger partial charge >= 0.3 is 12.1 Å². The predicted molar refractivity (Wildman–Crippen MR) is 94.1 cm³/mol. The van der Waals surface area contributed by atoms with Crippen molar-refractivity contribution in [3.8, 4) is 6.07 Å². The molecule has 0 saturated heterocycles. The quantitative estimate of drug-likeness (QED) is 0.784. The first-order valence-corrected chi connectivity index (χ1v) is 8.31. The third-order valence-electron chi connectivity index (χ3n) is 4.23. The number of aryl methyl sites for hydroxylation is 1. The molecule has 10 heteroatoms. The average molecular weight is 386 g/mol. The predicted octanol–water partition coefficient (Wildman–Crippen LogP) is 2.43. The van der Waals surface area contributed by atoms with Crippen LogP contribution in [0.4, 0.5) is 19.3 Å². The van der Waals surface area contributed by atoms with E-state index in [1.54, 1.807) is 19.9 Å². The number of fused-ring (bicyclic) bond motifs is 1. The highest BCUT2D eigenvalue weighted by atomic mass is 19.3. The molecule has 0 fully saturated rings. The van der Waals surface area contributed by atoms with Crippen LogP contribution in [0.25, 0.3) is 0 Å². The Kier molecular flexibility index (Phi) is 4.92. The Hall–Kier alpha value is -3.61. The van der Waals surface area contributed by atoms with Gasteiger partial charge in [-0.25, -0.2) is 9.78 Å². The Morgan fingerprint density at radius 1 is 1.39 bits per heavy atom. The fraction of sp³-hybridized carbons (Fsp3) is 0.278. The number of rotatable bonds is 4. The average Bonchev–Trinajstić information content (AvgIpc) is 2.66. The third-order valence-corrected chi connectivity index (χ3v) is 4.23. The van der Waals surface area contributed by atoms with Crippen LogP contribution in [0.2, 0.25) is 0 Å². The van der Waals surface area contributed by atoms with Gasteiger partial charge in [-0.15, -0.1) is 0 Å². The van der Waals surface area contributed by atoms with Crippen molar-refractivity contribution in [1.29, 1.82) is 5.26 Å². The number of alkyl halides is 2. The molecule has 1 aromatic heterocycles. The molecular formula is C18H16F2N6O2. The molecule has 28 heavy (non-hydrogen) atoms. The van der Waals surface area contributed by atoms with Gasteiger partial charge < -0.3 is 10.6 Å². The fourth-order valence-electron chi connectivity index (χ4n) is 2.77. The van der Waals surface area contributed by atoms with E-state index in [1.165, 1.54) is 24.5 Å². The van der Waals surface area contributed by atoms with E-state index in [0.717, 1.165) is 0 Å². The standard InChI is InChI=1S/C18H16F2N6O2/c1-10-3-4-14-13(5-10)18(19,20)26(17(28)25-14)9-16(27)24-11(2)15-8-22-12(6-21)7-23-15/h3-5,7-8,11H,9H2,1-2H3,(H,24,27)(H,25,28). The van der Waals surface area contributed by atoms with Crippen LogP contribution in [0, 0.1) is 18.3 Å². The van der Waals surface area contributed by atoms with E-state index in [9.17, 15) is 18.4 Å². The first-order chi connectivity index (χ1) is 13.2. The van der Waals surface area contributed by atoms with Crippen molar-refractivity contribution in [2.75, 3.05) is 11.9 Å². The van der Waals surface area contributed by atoms with Gasteiger partial charge in [-0.2, -0.15) is 14.0 Å². The Labute approximate surface area is 159 Å². The van der Waals surface area contributed by atoms with Gasteiger partial charge in [0, 0.05) is 0 Å². The van der Waals surface area contributed by atoms with Crippen molar-refractivity contribution in [2.24, 2.45) is 0 Å². The first-order valence-electron chi connectivity index (χ1n) is 8.31. The molecule has 2 N–H and O–H groups in total. The van der Waals surface area contributed by atoms with E-state index in [0.29, 0.717) is 11.3 Å². The van der Waals surface area contributed by atoms with Crippen molar-refractivity contribution in [2.45, 2.75) is 25.9 Å². The number of amides is 3. The number of nitrogens with one attached hydrogen (secondary N) is 2. The molecule has 0 aliphatic carbocycles. The molecule has 3 rings (SSSR count). The largest absolute Gasteiger partial charge is 0.358 e.